The van der Waals surface area contributed by atoms with E-state index in [1.165, 1.54) is 11.3 Å². The number of fused-ring (bicyclic) bond motifs is 1. The van der Waals surface area contributed by atoms with E-state index in [0.29, 0.717) is 10.8 Å². The summed E-state index contributed by atoms with van der Waals surface area (Å²) in [4.78, 5) is 37.0. The molecule has 0 unspecified atom stereocenters. The van der Waals surface area contributed by atoms with Gasteiger partial charge in [0, 0.05) is 61.9 Å². The van der Waals surface area contributed by atoms with Gasteiger partial charge in [-0.15, -0.1) is 11.3 Å². The van der Waals surface area contributed by atoms with E-state index in [-0.39, 0.29) is 0 Å². The molecule has 9 heteroatoms. The zero-order valence-electron chi connectivity index (χ0n) is 16.8. The second-order valence-electron chi connectivity index (χ2n) is 7.62. The fourth-order valence-electron chi connectivity index (χ4n) is 3.54. The van der Waals surface area contributed by atoms with Crippen molar-refractivity contribution in [2.75, 3.05) is 62.4 Å². The first-order valence-corrected chi connectivity index (χ1v) is 10.6. The van der Waals surface area contributed by atoms with Crippen molar-refractivity contribution >= 4 is 39.7 Å². The molecule has 0 radical (unpaired) electrons. The van der Waals surface area contributed by atoms with Gasteiger partial charge in [0.25, 0.3) is 0 Å². The van der Waals surface area contributed by atoms with Crippen molar-refractivity contribution in [2.45, 2.75) is 13.0 Å². The van der Waals surface area contributed by atoms with Gasteiger partial charge in [-0.25, -0.2) is 4.98 Å². The summed E-state index contributed by atoms with van der Waals surface area (Å²) in [5, 5.41) is 5.77. The number of hydrogen-bond acceptors (Lipinski definition) is 7. The number of nitrogens with one attached hydrogen (secondary N) is 2. The zero-order chi connectivity index (χ0) is 20.4. The first-order valence-electron chi connectivity index (χ1n) is 9.81. The first-order chi connectivity index (χ1) is 14.0. The van der Waals surface area contributed by atoms with Crippen LogP contribution in [0.4, 0.5) is 16.5 Å². The summed E-state index contributed by atoms with van der Waals surface area (Å²) >= 11 is 1.44. The average molecular weight is 415 g/mol. The van der Waals surface area contributed by atoms with Gasteiger partial charge < -0.3 is 20.0 Å². The van der Waals surface area contributed by atoms with Gasteiger partial charge in [0.15, 0.2) is 5.13 Å². The number of rotatable bonds is 3. The molecule has 8 nitrogen and oxygen atoms in total. The highest BCUT2D eigenvalue weighted by Gasteiger charge is 2.21. The molecular formula is C20H26N6O2S. The number of benzene rings is 1. The highest BCUT2D eigenvalue weighted by Crippen LogP contribution is 2.27. The Hall–Kier alpha value is -2.49. The number of hydrogen-bond donors (Lipinski definition) is 2. The van der Waals surface area contributed by atoms with Crippen LogP contribution in [0.5, 0.6) is 0 Å². The molecule has 2 aromatic rings. The summed E-state index contributed by atoms with van der Waals surface area (Å²) in [6, 6.07) is 7.61. The van der Waals surface area contributed by atoms with Gasteiger partial charge in [0.05, 0.1) is 5.69 Å². The van der Waals surface area contributed by atoms with Crippen LogP contribution < -0.4 is 15.5 Å². The maximum absolute atomic E-state index is 12.3. The van der Waals surface area contributed by atoms with Gasteiger partial charge in [-0.2, -0.15) is 0 Å². The summed E-state index contributed by atoms with van der Waals surface area (Å²) in [7, 11) is 4.18. The number of piperazine rings is 1. The van der Waals surface area contributed by atoms with Gasteiger partial charge in [0.2, 0.25) is 0 Å². The van der Waals surface area contributed by atoms with Crippen LogP contribution in [0, 0.1) is 0 Å². The number of aromatic nitrogens is 1. The fraction of sp³-hybridized carbons (Fsp3) is 0.450. The maximum Gasteiger partial charge on any atom is 0.315 e. The summed E-state index contributed by atoms with van der Waals surface area (Å²) in [6.45, 7) is 5.82. The third-order valence-electron chi connectivity index (χ3n) is 5.34. The minimum absolute atomic E-state index is 0.482. The molecule has 1 saturated heterocycles. The molecule has 0 saturated carbocycles. The standard InChI is InChI=1S/C20H26N6O2S/c1-24-9-11-26(12-10-24)15-5-3-14(4-6-15)21-18(27)19(28)23-20-22-16-7-8-25(2)13-17(16)29-20/h3-6H,7-13H2,1-2H3,(H,21,27)(H,22,23,28). The number of amides is 2. The highest BCUT2D eigenvalue weighted by molar-refractivity contribution is 7.16. The molecule has 1 aromatic carbocycles. The Morgan fingerprint density at radius 2 is 1.62 bits per heavy atom. The lowest BCUT2D eigenvalue weighted by Gasteiger charge is -2.34. The maximum atomic E-state index is 12.3. The molecule has 0 spiro atoms. The second-order valence-corrected chi connectivity index (χ2v) is 8.71. The van der Waals surface area contributed by atoms with Crippen molar-refractivity contribution in [3.8, 4) is 0 Å². The van der Waals surface area contributed by atoms with Crippen molar-refractivity contribution in [1.29, 1.82) is 0 Å². The molecule has 0 aliphatic carbocycles. The van der Waals surface area contributed by atoms with E-state index < -0.39 is 11.8 Å². The van der Waals surface area contributed by atoms with Gasteiger partial charge >= 0.3 is 11.8 Å². The summed E-state index contributed by atoms with van der Waals surface area (Å²) in [6.07, 6.45) is 0.865. The summed E-state index contributed by atoms with van der Waals surface area (Å²) in [5.41, 5.74) is 2.74. The largest absolute Gasteiger partial charge is 0.369 e. The third-order valence-corrected chi connectivity index (χ3v) is 6.34. The molecule has 154 valence electrons. The Labute approximate surface area is 174 Å². The third kappa shape index (κ3) is 4.75. The van der Waals surface area contributed by atoms with Crippen LogP contribution in [0.25, 0.3) is 0 Å². The SMILES string of the molecule is CN1CCN(c2ccc(NC(=O)C(=O)Nc3nc4c(s3)CN(C)CC4)cc2)CC1. The minimum Gasteiger partial charge on any atom is -0.369 e. The van der Waals surface area contributed by atoms with Gasteiger partial charge in [-0.3, -0.25) is 14.9 Å². The number of likely N-dealkylation sites (N-methyl/N-ethyl adjacent to an activating group) is 2. The minimum atomic E-state index is -0.701. The van der Waals surface area contributed by atoms with Crippen LogP contribution in [0.15, 0.2) is 24.3 Å². The predicted octanol–water partition coefficient (Wildman–Crippen LogP) is 1.46. The second kappa shape index (κ2) is 8.48. The van der Waals surface area contributed by atoms with E-state index in [0.717, 1.165) is 61.9 Å². The van der Waals surface area contributed by atoms with Gasteiger partial charge in [0.1, 0.15) is 0 Å². The van der Waals surface area contributed by atoms with E-state index in [1.54, 1.807) is 0 Å². The average Bonchev–Trinajstić information content (AvgIpc) is 3.10. The predicted molar refractivity (Wildman–Crippen MR) is 116 cm³/mol. The lowest BCUT2D eigenvalue weighted by atomic mass is 10.2. The van der Waals surface area contributed by atoms with Crippen molar-refractivity contribution in [2.24, 2.45) is 0 Å². The Bertz CT molecular complexity index is 889. The molecule has 2 N–H and O–H groups in total. The van der Waals surface area contributed by atoms with Crippen LogP contribution in [0.2, 0.25) is 0 Å². The van der Waals surface area contributed by atoms with Gasteiger partial charge in [-0.1, -0.05) is 0 Å². The summed E-state index contributed by atoms with van der Waals surface area (Å²) in [5.74, 6) is -1.39. The van der Waals surface area contributed by atoms with Crippen LogP contribution in [-0.2, 0) is 22.6 Å². The molecule has 1 fully saturated rings. The van der Waals surface area contributed by atoms with Crippen molar-refractivity contribution < 1.29 is 9.59 Å². The fourth-order valence-corrected chi connectivity index (χ4v) is 4.62. The molecule has 1 aromatic heterocycles. The molecule has 2 aliphatic rings. The Morgan fingerprint density at radius 1 is 0.931 bits per heavy atom. The first kappa shape index (κ1) is 19.8. The number of carbonyl (C=O) groups excluding carboxylic acids is 2. The lowest BCUT2D eigenvalue weighted by molar-refractivity contribution is -0.132. The number of thiazole rings is 1. The quantitative estimate of drug-likeness (QED) is 0.741. The van der Waals surface area contributed by atoms with E-state index >= 15 is 0 Å². The zero-order valence-corrected chi connectivity index (χ0v) is 17.6. The van der Waals surface area contributed by atoms with E-state index in [1.807, 2.05) is 24.3 Å². The Morgan fingerprint density at radius 3 is 2.34 bits per heavy atom. The van der Waals surface area contributed by atoms with E-state index in [4.69, 9.17) is 0 Å². The van der Waals surface area contributed by atoms with E-state index in [9.17, 15) is 9.59 Å². The molecule has 2 aliphatic heterocycles. The lowest BCUT2D eigenvalue weighted by Crippen LogP contribution is -2.44. The monoisotopic (exact) mass is 414 g/mol. The van der Waals surface area contributed by atoms with Crippen LogP contribution in [0.1, 0.15) is 10.6 Å². The highest BCUT2D eigenvalue weighted by atomic mass is 32.1. The van der Waals surface area contributed by atoms with Crippen LogP contribution in [-0.4, -0.2) is 73.4 Å². The molecule has 29 heavy (non-hydrogen) atoms. The van der Waals surface area contributed by atoms with Crippen LogP contribution >= 0.6 is 11.3 Å². The van der Waals surface area contributed by atoms with E-state index in [2.05, 4.69) is 44.4 Å². The molecule has 0 bridgehead atoms. The summed E-state index contributed by atoms with van der Waals surface area (Å²) < 4.78 is 0. The molecule has 2 amide bonds. The number of carbonyl (C=O) groups is 2. The topological polar surface area (TPSA) is 80.8 Å². The normalized spacial score (nSPS) is 17.7. The van der Waals surface area contributed by atoms with Crippen molar-refractivity contribution in [1.82, 2.24) is 14.8 Å². The molecule has 4 rings (SSSR count). The van der Waals surface area contributed by atoms with Crippen molar-refractivity contribution in [3.63, 3.8) is 0 Å². The van der Waals surface area contributed by atoms with Gasteiger partial charge in [-0.05, 0) is 38.4 Å². The Kier molecular flexibility index (Phi) is 5.79. The number of nitrogens with zero attached hydrogens (tertiary/aromatic N) is 4. The smallest absolute Gasteiger partial charge is 0.315 e. The molecular weight excluding hydrogens is 388 g/mol. The van der Waals surface area contributed by atoms with Crippen molar-refractivity contribution in [3.05, 3.63) is 34.8 Å². The number of anilines is 3. The van der Waals surface area contributed by atoms with Crippen LogP contribution in [0.3, 0.4) is 0 Å². The Balaban J connectivity index is 1.32. The molecule has 3 heterocycles. The molecule has 0 atom stereocenters.